The molecule has 40 heavy (non-hydrogen) atoms. The smallest absolute Gasteiger partial charge is 0.0781 e. The third kappa shape index (κ3) is 5.29. The van der Waals surface area contributed by atoms with Gasteiger partial charge in [0.1, 0.15) is 0 Å². The molecule has 6 aromatic rings. The molecule has 0 saturated carbocycles. The maximum atomic E-state index is 2.37. The van der Waals surface area contributed by atoms with E-state index in [2.05, 4.69) is 192 Å². The predicted octanol–water partition coefficient (Wildman–Crippen LogP) is 10.2. The molecule has 0 fully saturated rings. The molecule has 0 unspecified atom stereocenters. The second kappa shape index (κ2) is 12.0. The molecule has 6 aromatic carbocycles. The van der Waals surface area contributed by atoms with Crippen LogP contribution in [-0.2, 0) is 0 Å². The molecule has 0 aliphatic heterocycles. The van der Waals surface area contributed by atoms with E-state index in [0.29, 0.717) is 0 Å². The summed E-state index contributed by atoms with van der Waals surface area (Å²) in [7, 11) is 0. The van der Waals surface area contributed by atoms with Crippen molar-refractivity contribution < 1.29 is 0 Å². The van der Waals surface area contributed by atoms with Crippen LogP contribution in [0.5, 0.6) is 0 Å². The van der Waals surface area contributed by atoms with E-state index in [1.54, 1.807) is 0 Å². The Morgan fingerprint density at radius 1 is 0.250 bits per heavy atom. The molecule has 0 atom stereocenters. The summed E-state index contributed by atoms with van der Waals surface area (Å²) in [6, 6.07) is 63.9. The molecule has 0 bridgehead atoms. The molecule has 0 amide bonds. The quantitative estimate of drug-likeness (QED) is 0.186. The first-order chi connectivity index (χ1) is 19.9. The maximum absolute atomic E-state index is 2.37. The van der Waals surface area contributed by atoms with Gasteiger partial charge in [-0.25, -0.2) is 0 Å². The van der Waals surface area contributed by atoms with Crippen LogP contribution in [0.3, 0.4) is 0 Å². The van der Waals surface area contributed by atoms with Crippen molar-refractivity contribution in [3.05, 3.63) is 193 Å². The number of nitrogens with zero attached hydrogens (tertiary/aromatic N) is 2. The normalized spacial score (nSPS) is 11.4. The Morgan fingerprint density at radius 2 is 0.450 bits per heavy atom. The molecule has 0 radical (unpaired) electrons. The van der Waals surface area contributed by atoms with E-state index in [9.17, 15) is 0 Å². The lowest BCUT2D eigenvalue weighted by atomic mass is 9.99. The average molecular weight is 515 g/mol. The van der Waals surface area contributed by atoms with Crippen molar-refractivity contribution in [2.45, 2.75) is 0 Å². The Hall–Kier alpha value is -5.34. The third-order valence-corrected chi connectivity index (χ3v) is 6.82. The standard InChI is InChI=1S/C38H30N2/c1-7-19-31(20-8-1)37(39(33-23-11-3-12-24-33)34-25-13-4-14-26-34)38(32-21-9-2-10-22-32)40(35-27-15-5-16-28-35)36-29-17-6-18-30-36/h1-30H/b38-37+. The summed E-state index contributed by atoms with van der Waals surface area (Å²) in [5, 5.41) is 0. The largest absolute Gasteiger partial charge is 0.308 e. The van der Waals surface area contributed by atoms with Gasteiger partial charge in [0.25, 0.3) is 0 Å². The SMILES string of the molecule is c1ccc(/C(=C(/c2ccccc2)N(c2ccccc2)c2ccccc2)N(c2ccccc2)c2ccccc2)cc1. The zero-order chi connectivity index (χ0) is 27.0. The van der Waals surface area contributed by atoms with E-state index in [4.69, 9.17) is 0 Å². The second-order valence-corrected chi connectivity index (χ2v) is 9.44. The summed E-state index contributed by atoms with van der Waals surface area (Å²) in [5.41, 5.74) is 8.74. The monoisotopic (exact) mass is 514 g/mol. The van der Waals surface area contributed by atoms with Gasteiger partial charge in [0.05, 0.1) is 11.4 Å². The van der Waals surface area contributed by atoms with Gasteiger partial charge in [-0.05, 0) is 48.5 Å². The minimum atomic E-state index is 1.08. The van der Waals surface area contributed by atoms with E-state index in [-0.39, 0.29) is 0 Å². The Morgan fingerprint density at radius 3 is 0.675 bits per heavy atom. The maximum Gasteiger partial charge on any atom is 0.0781 e. The van der Waals surface area contributed by atoms with Gasteiger partial charge < -0.3 is 9.80 Å². The lowest BCUT2D eigenvalue weighted by Crippen LogP contribution is -2.24. The summed E-state index contributed by atoms with van der Waals surface area (Å²) in [5.74, 6) is 0. The first-order valence-corrected chi connectivity index (χ1v) is 13.6. The highest BCUT2D eigenvalue weighted by Gasteiger charge is 2.27. The van der Waals surface area contributed by atoms with Gasteiger partial charge in [-0.2, -0.15) is 0 Å². The number of benzene rings is 6. The summed E-state index contributed by atoms with van der Waals surface area (Å²) in [6.07, 6.45) is 0. The molecule has 0 aliphatic rings. The summed E-state index contributed by atoms with van der Waals surface area (Å²) >= 11 is 0. The van der Waals surface area contributed by atoms with E-state index in [1.807, 2.05) is 0 Å². The van der Waals surface area contributed by atoms with Crippen molar-refractivity contribution in [2.24, 2.45) is 0 Å². The van der Waals surface area contributed by atoms with Crippen LogP contribution in [0.25, 0.3) is 11.4 Å². The first-order valence-electron chi connectivity index (χ1n) is 13.6. The Kier molecular flexibility index (Phi) is 7.50. The Balaban J connectivity index is 1.78. The van der Waals surface area contributed by atoms with Gasteiger partial charge in [-0.1, -0.05) is 133 Å². The predicted molar refractivity (Wildman–Crippen MR) is 170 cm³/mol. The molecule has 0 N–H and O–H groups in total. The molecule has 0 aliphatic carbocycles. The Bertz CT molecular complexity index is 1440. The summed E-state index contributed by atoms with van der Waals surface area (Å²) < 4.78 is 0. The van der Waals surface area contributed by atoms with Crippen molar-refractivity contribution in [1.29, 1.82) is 0 Å². The lowest BCUT2D eigenvalue weighted by Gasteiger charge is -2.36. The zero-order valence-electron chi connectivity index (χ0n) is 22.2. The molecule has 0 aromatic heterocycles. The molecule has 192 valence electrons. The number of rotatable bonds is 8. The highest BCUT2D eigenvalue weighted by atomic mass is 15.2. The van der Waals surface area contributed by atoms with Gasteiger partial charge in [0.2, 0.25) is 0 Å². The van der Waals surface area contributed by atoms with Crippen LogP contribution >= 0.6 is 0 Å². The van der Waals surface area contributed by atoms with Crippen molar-refractivity contribution in [3.63, 3.8) is 0 Å². The van der Waals surface area contributed by atoms with Gasteiger partial charge in [0.15, 0.2) is 0 Å². The van der Waals surface area contributed by atoms with Crippen LogP contribution in [0.1, 0.15) is 11.1 Å². The number of hydrogen-bond donors (Lipinski definition) is 0. The van der Waals surface area contributed by atoms with Gasteiger partial charge in [0, 0.05) is 33.9 Å². The fraction of sp³-hybridized carbons (Fsp3) is 0. The summed E-state index contributed by atoms with van der Waals surface area (Å²) in [4.78, 5) is 4.74. The third-order valence-electron chi connectivity index (χ3n) is 6.82. The highest BCUT2D eigenvalue weighted by molar-refractivity contribution is 6.07. The van der Waals surface area contributed by atoms with E-state index in [1.165, 1.54) is 0 Å². The Labute approximate surface area is 236 Å². The molecule has 6 rings (SSSR count). The number of anilines is 4. The molecular weight excluding hydrogens is 484 g/mol. The minimum absolute atomic E-state index is 1.08. The minimum Gasteiger partial charge on any atom is -0.308 e. The zero-order valence-corrected chi connectivity index (χ0v) is 22.2. The van der Waals surface area contributed by atoms with Gasteiger partial charge >= 0.3 is 0 Å². The topological polar surface area (TPSA) is 6.48 Å². The van der Waals surface area contributed by atoms with Gasteiger partial charge in [-0.15, -0.1) is 0 Å². The second-order valence-electron chi connectivity index (χ2n) is 9.44. The highest BCUT2D eigenvalue weighted by Crippen LogP contribution is 2.44. The van der Waals surface area contributed by atoms with Crippen LogP contribution in [-0.4, -0.2) is 0 Å². The van der Waals surface area contributed by atoms with E-state index < -0.39 is 0 Å². The molecule has 0 heterocycles. The molecule has 0 saturated heterocycles. The van der Waals surface area contributed by atoms with Crippen LogP contribution in [0.15, 0.2) is 182 Å². The first kappa shape index (κ1) is 25.0. The molecule has 2 nitrogen and oxygen atoms in total. The molecular formula is C38H30N2. The number of para-hydroxylation sites is 4. The van der Waals surface area contributed by atoms with Crippen molar-refractivity contribution >= 4 is 34.1 Å². The summed E-state index contributed by atoms with van der Waals surface area (Å²) in [6.45, 7) is 0. The fourth-order valence-electron chi connectivity index (χ4n) is 5.06. The number of hydrogen-bond acceptors (Lipinski definition) is 2. The van der Waals surface area contributed by atoms with Crippen LogP contribution in [0, 0.1) is 0 Å². The lowest BCUT2D eigenvalue weighted by molar-refractivity contribution is 1.24. The van der Waals surface area contributed by atoms with E-state index >= 15 is 0 Å². The van der Waals surface area contributed by atoms with Crippen LogP contribution < -0.4 is 9.80 Å². The van der Waals surface area contributed by atoms with Crippen LogP contribution in [0.4, 0.5) is 22.7 Å². The van der Waals surface area contributed by atoms with Gasteiger partial charge in [-0.3, -0.25) is 0 Å². The van der Waals surface area contributed by atoms with Crippen molar-refractivity contribution in [2.75, 3.05) is 9.80 Å². The fourth-order valence-corrected chi connectivity index (χ4v) is 5.06. The van der Waals surface area contributed by atoms with Crippen LogP contribution in [0.2, 0.25) is 0 Å². The van der Waals surface area contributed by atoms with Crippen molar-refractivity contribution in [3.8, 4) is 0 Å². The molecule has 2 heteroatoms. The molecule has 0 spiro atoms. The average Bonchev–Trinajstić information content (AvgIpc) is 3.05. The van der Waals surface area contributed by atoms with E-state index in [0.717, 1.165) is 45.3 Å². The van der Waals surface area contributed by atoms with Crippen molar-refractivity contribution in [1.82, 2.24) is 0 Å².